The average Bonchev–Trinajstić information content (AvgIpc) is 3.20. The van der Waals surface area contributed by atoms with Gasteiger partial charge in [-0.15, -0.1) is 10.2 Å². The quantitative estimate of drug-likeness (QED) is 0.507. The van der Waals surface area contributed by atoms with Crippen LogP contribution in [-0.2, 0) is 11.3 Å². The Morgan fingerprint density at radius 3 is 2.52 bits per heavy atom. The lowest BCUT2D eigenvalue weighted by atomic mass is 9.89. The second-order valence-corrected chi connectivity index (χ2v) is 8.92. The normalized spacial score (nSPS) is 14.5. The van der Waals surface area contributed by atoms with E-state index in [1.807, 2.05) is 34.9 Å². The summed E-state index contributed by atoms with van der Waals surface area (Å²) in [5, 5.41) is 12.4. The largest absolute Gasteiger partial charge is 0.355 e. The second kappa shape index (κ2) is 10.6. The van der Waals surface area contributed by atoms with Crippen molar-refractivity contribution in [2.24, 2.45) is 5.92 Å². The third-order valence-corrected chi connectivity index (χ3v) is 6.61. The molecule has 1 aromatic heterocycles. The highest BCUT2D eigenvalue weighted by molar-refractivity contribution is 7.99. The summed E-state index contributed by atoms with van der Waals surface area (Å²) in [6.07, 6.45) is 6.27. The van der Waals surface area contributed by atoms with Gasteiger partial charge in [-0.1, -0.05) is 61.4 Å². The van der Waals surface area contributed by atoms with E-state index in [0.717, 1.165) is 17.7 Å². The summed E-state index contributed by atoms with van der Waals surface area (Å²) >= 11 is 1.38. The van der Waals surface area contributed by atoms with Crippen molar-refractivity contribution in [2.45, 2.75) is 43.8 Å². The summed E-state index contributed by atoms with van der Waals surface area (Å²) in [4.78, 5) is 12.4. The van der Waals surface area contributed by atoms with Gasteiger partial charge in [0, 0.05) is 12.1 Å². The van der Waals surface area contributed by atoms with Gasteiger partial charge in [0.2, 0.25) is 5.91 Å². The van der Waals surface area contributed by atoms with Crippen molar-refractivity contribution >= 4 is 17.7 Å². The molecule has 3 aromatic rings. The maximum absolute atomic E-state index is 13.4. The molecule has 1 fully saturated rings. The Balaban J connectivity index is 1.45. The Bertz CT molecular complexity index is 985. The van der Waals surface area contributed by atoms with E-state index in [1.165, 1.54) is 56.0 Å². The smallest absolute Gasteiger partial charge is 0.230 e. The number of thioether (sulfide) groups is 1. The zero-order valence-electron chi connectivity index (χ0n) is 17.5. The molecular weight excluding hydrogens is 411 g/mol. The fraction of sp³-hybridized carbons (Fsp3) is 0.375. The zero-order valence-corrected chi connectivity index (χ0v) is 18.3. The molecule has 0 bridgehead atoms. The van der Waals surface area contributed by atoms with Crippen molar-refractivity contribution in [2.75, 3.05) is 12.3 Å². The van der Waals surface area contributed by atoms with Crippen LogP contribution in [0.1, 0.15) is 37.7 Å². The molecular formula is C24H27FN4OS. The van der Waals surface area contributed by atoms with Crippen molar-refractivity contribution in [3.63, 3.8) is 0 Å². The van der Waals surface area contributed by atoms with E-state index < -0.39 is 0 Å². The number of hydrogen-bond acceptors (Lipinski definition) is 4. The first kappa shape index (κ1) is 21.6. The van der Waals surface area contributed by atoms with Crippen LogP contribution in [0.2, 0.25) is 0 Å². The van der Waals surface area contributed by atoms with Gasteiger partial charge in [0.05, 0.1) is 12.3 Å². The molecule has 1 heterocycles. The highest BCUT2D eigenvalue weighted by atomic mass is 32.2. The number of carbonyl (C=O) groups is 1. The van der Waals surface area contributed by atoms with Crippen LogP contribution >= 0.6 is 11.8 Å². The molecule has 0 unspecified atom stereocenters. The van der Waals surface area contributed by atoms with Crippen molar-refractivity contribution < 1.29 is 9.18 Å². The fourth-order valence-corrected chi connectivity index (χ4v) is 4.71. The molecule has 0 aliphatic heterocycles. The predicted octanol–water partition coefficient (Wildman–Crippen LogP) is 4.92. The van der Waals surface area contributed by atoms with Crippen LogP contribution in [0.5, 0.6) is 0 Å². The van der Waals surface area contributed by atoms with Crippen LogP contribution < -0.4 is 5.32 Å². The van der Waals surface area contributed by atoms with Gasteiger partial charge in [-0.2, -0.15) is 0 Å². The number of carbonyl (C=O) groups excluding carboxylic acids is 1. The molecule has 31 heavy (non-hydrogen) atoms. The van der Waals surface area contributed by atoms with Gasteiger partial charge in [0.1, 0.15) is 5.82 Å². The van der Waals surface area contributed by atoms with E-state index in [0.29, 0.717) is 29.2 Å². The van der Waals surface area contributed by atoms with E-state index >= 15 is 0 Å². The lowest BCUT2D eigenvalue weighted by molar-refractivity contribution is -0.118. The van der Waals surface area contributed by atoms with E-state index in [9.17, 15) is 9.18 Å². The number of halogens is 1. The number of rotatable bonds is 8. The first-order valence-electron chi connectivity index (χ1n) is 10.8. The first-order valence-corrected chi connectivity index (χ1v) is 11.8. The molecule has 0 saturated heterocycles. The molecule has 0 spiro atoms. The van der Waals surface area contributed by atoms with E-state index in [2.05, 4.69) is 15.5 Å². The maximum atomic E-state index is 13.4. The van der Waals surface area contributed by atoms with Crippen molar-refractivity contribution in [3.05, 3.63) is 66.0 Å². The molecule has 0 radical (unpaired) electrons. The Hall–Kier alpha value is -2.67. The predicted molar refractivity (Wildman–Crippen MR) is 121 cm³/mol. The Labute approximate surface area is 186 Å². The second-order valence-electron chi connectivity index (χ2n) is 7.98. The van der Waals surface area contributed by atoms with Gasteiger partial charge in [0.25, 0.3) is 0 Å². The standard InChI is InChI=1S/C24H27FN4OS/c25-21-13-11-20(12-14-21)23-27-28-24(29(23)16-19-9-5-2-6-10-19)31-17-22(30)26-15-18-7-3-1-4-8-18/h2,5-6,9-14,18H,1,3-4,7-8,15-17H2,(H,26,30). The molecule has 162 valence electrons. The Morgan fingerprint density at radius 2 is 1.77 bits per heavy atom. The lowest BCUT2D eigenvalue weighted by Gasteiger charge is -2.21. The summed E-state index contributed by atoms with van der Waals surface area (Å²) in [7, 11) is 0. The number of aromatic nitrogens is 3. The van der Waals surface area contributed by atoms with Gasteiger partial charge in [0.15, 0.2) is 11.0 Å². The summed E-state index contributed by atoms with van der Waals surface area (Å²) < 4.78 is 15.4. The highest BCUT2D eigenvalue weighted by Gasteiger charge is 2.18. The van der Waals surface area contributed by atoms with Crippen LogP contribution in [0.15, 0.2) is 59.8 Å². The average molecular weight is 439 g/mol. The summed E-state index contributed by atoms with van der Waals surface area (Å²) in [5.74, 6) is 1.29. The topological polar surface area (TPSA) is 59.8 Å². The maximum Gasteiger partial charge on any atom is 0.230 e. The van der Waals surface area contributed by atoms with Crippen LogP contribution in [0.25, 0.3) is 11.4 Å². The molecule has 1 amide bonds. The van der Waals surface area contributed by atoms with E-state index in [1.54, 1.807) is 12.1 Å². The summed E-state index contributed by atoms with van der Waals surface area (Å²) in [6.45, 7) is 1.34. The molecule has 5 nitrogen and oxygen atoms in total. The third kappa shape index (κ3) is 5.94. The highest BCUT2D eigenvalue weighted by Crippen LogP contribution is 2.26. The minimum absolute atomic E-state index is 0.0215. The SMILES string of the molecule is O=C(CSc1nnc(-c2ccc(F)cc2)n1Cc1ccccc1)NCC1CCCCC1. The minimum atomic E-state index is -0.290. The summed E-state index contributed by atoms with van der Waals surface area (Å²) in [5.41, 5.74) is 1.90. The van der Waals surface area contributed by atoms with Crippen LogP contribution in [0.4, 0.5) is 4.39 Å². The van der Waals surface area contributed by atoms with E-state index in [4.69, 9.17) is 0 Å². The van der Waals surface area contributed by atoms with Gasteiger partial charge in [-0.3, -0.25) is 9.36 Å². The molecule has 2 aromatic carbocycles. The van der Waals surface area contributed by atoms with Crippen LogP contribution in [-0.4, -0.2) is 33.0 Å². The molecule has 4 rings (SSSR count). The molecule has 7 heteroatoms. The number of hydrogen-bond donors (Lipinski definition) is 1. The third-order valence-electron chi connectivity index (χ3n) is 5.65. The van der Waals surface area contributed by atoms with Crippen LogP contribution in [0, 0.1) is 11.7 Å². The first-order chi connectivity index (χ1) is 15.2. The van der Waals surface area contributed by atoms with Crippen molar-refractivity contribution in [3.8, 4) is 11.4 Å². The van der Waals surface area contributed by atoms with Gasteiger partial charge in [-0.25, -0.2) is 4.39 Å². The van der Waals surface area contributed by atoms with E-state index in [-0.39, 0.29) is 11.7 Å². The number of benzene rings is 2. The molecule has 1 saturated carbocycles. The monoisotopic (exact) mass is 438 g/mol. The number of nitrogens with one attached hydrogen (secondary N) is 1. The minimum Gasteiger partial charge on any atom is -0.355 e. The van der Waals surface area contributed by atoms with Crippen LogP contribution in [0.3, 0.4) is 0 Å². The van der Waals surface area contributed by atoms with Crippen molar-refractivity contribution in [1.29, 1.82) is 0 Å². The summed E-state index contributed by atoms with van der Waals surface area (Å²) in [6, 6.07) is 16.3. The zero-order chi connectivity index (χ0) is 21.5. The van der Waals surface area contributed by atoms with Gasteiger partial charge >= 0.3 is 0 Å². The lowest BCUT2D eigenvalue weighted by Crippen LogP contribution is -2.31. The Morgan fingerprint density at radius 1 is 1.03 bits per heavy atom. The fourth-order valence-electron chi connectivity index (χ4n) is 3.95. The van der Waals surface area contributed by atoms with Gasteiger partial charge < -0.3 is 5.32 Å². The number of amides is 1. The molecule has 1 N–H and O–H groups in total. The molecule has 0 atom stereocenters. The molecule has 1 aliphatic carbocycles. The Kier molecular flexibility index (Phi) is 7.35. The molecule has 1 aliphatic rings. The number of nitrogens with zero attached hydrogens (tertiary/aromatic N) is 3. The van der Waals surface area contributed by atoms with Crippen molar-refractivity contribution in [1.82, 2.24) is 20.1 Å². The van der Waals surface area contributed by atoms with Gasteiger partial charge in [-0.05, 0) is 48.6 Å².